The zero-order chi connectivity index (χ0) is 10.7. The predicted molar refractivity (Wildman–Crippen MR) is 62.5 cm³/mol. The van der Waals surface area contributed by atoms with E-state index >= 15 is 0 Å². The molecule has 2 rings (SSSR count). The van der Waals surface area contributed by atoms with Gasteiger partial charge in [0.25, 0.3) is 0 Å². The molecule has 1 aromatic heterocycles. The summed E-state index contributed by atoms with van der Waals surface area (Å²) < 4.78 is 13.1. The van der Waals surface area contributed by atoms with Crippen LogP contribution in [0.1, 0.15) is 10.9 Å². The van der Waals surface area contributed by atoms with Gasteiger partial charge in [0.1, 0.15) is 6.67 Å². The van der Waals surface area contributed by atoms with Crippen molar-refractivity contribution in [1.29, 1.82) is 0 Å². The zero-order valence-corrected chi connectivity index (χ0v) is 9.95. The molecule has 1 N–H and O–H groups in total. The monoisotopic (exact) mass is 248 g/mol. The minimum absolute atomic E-state index is 0.153. The van der Waals surface area contributed by atoms with Gasteiger partial charge in [-0.3, -0.25) is 4.90 Å². The average Bonchev–Trinajstić information content (AvgIpc) is 2.68. The zero-order valence-electron chi connectivity index (χ0n) is 8.38. The van der Waals surface area contributed by atoms with Gasteiger partial charge < -0.3 is 5.32 Å². The summed E-state index contributed by atoms with van der Waals surface area (Å²) in [6.45, 7) is 3.28. The minimum Gasteiger partial charge on any atom is -0.314 e. The highest BCUT2D eigenvalue weighted by Crippen LogP contribution is 2.32. The molecule has 0 aromatic carbocycles. The van der Waals surface area contributed by atoms with Crippen LogP contribution in [0.4, 0.5) is 4.39 Å². The lowest BCUT2D eigenvalue weighted by Crippen LogP contribution is -2.45. The summed E-state index contributed by atoms with van der Waals surface area (Å²) in [6.07, 6.45) is 0. The number of hydrogen-bond acceptors (Lipinski definition) is 3. The van der Waals surface area contributed by atoms with E-state index in [1.807, 2.05) is 11.4 Å². The van der Waals surface area contributed by atoms with Gasteiger partial charge in [-0.25, -0.2) is 4.39 Å². The van der Waals surface area contributed by atoms with Crippen molar-refractivity contribution in [3.8, 4) is 0 Å². The molecule has 2 nitrogen and oxygen atoms in total. The number of nitrogens with zero attached hydrogens (tertiary/aromatic N) is 1. The normalized spacial score (nSPS) is 20.4. The van der Waals surface area contributed by atoms with Gasteiger partial charge in [0.05, 0.1) is 11.1 Å². The molecule has 2 heterocycles. The molecule has 0 saturated carbocycles. The van der Waals surface area contributed by atoms with Gasteiger partial charge in [-0.15, -0.1) is 11.3 Å². The number of halogens is 2. The number of hydrogen-bond donors (Lipinski definition) is 1. The van der Waals surface area contributed by atoms with Gasteiger partial charge >= 0.3 is 0 Å². The van der Waals surface area contributed by atoms with Crippen molar-refractivity contribution in [1.82, 2.24) is 10.2 Å². The van der Waals surface area contributed by atoms with Crippen molar-refractivity contribution in [3.63, 3.8) is 0 Å². The average molecular weight is 249 g/mol. The summed E-state index contributed by atoms with van der Waals surface area (Å²) in [7, 11) is 0. The van der Waals surface area contributed by atoms with Crippen molar-refractivity contribution in [3.05, 3.63) is 21.3 Å². The molecule has 0 bridgehead atoms. The van der Waals surface area contributed by atoms with Crippen LogP contribution < -0.4 is 5.32 Å². The Balaban J connectivity index is 2.12. The molecule has 1 aromatic rings. The maximum atomic E-state index is 13.1. The minimum atomic E-state index is -0.361. The van der Waals surface area contributed by atoms with Crippen molar-refractivity contribution in [2.45, 2.75) is 6.04 Å². The van der Waals surface area contributed by atoms with Crippen LogP contribution in [-0.4, -0.2) is 37.8 Å². The van der Waals surface area contributed by atoms with Crippen molar-refractivity contribution in [2.75, 3.05) is 32.9 Å². The van der Waals surface area contributed by atoms with Crippen molar-refractivity contribution < 1.29 is 4.39 Å². The molecule has 1 atom stereocenters. The van der Waals surface area contributed by atoms with Gasteiger partial charge in [0.2, 0.25) is 0 Å². The van der Waals surface area contributed by atoms with Crippen LogP contribution in [0.2, 0.25) is 5.02 Å². The van der Waals surface area contributed by atoms with Crippen LogP contribution in [0.15, 0.2) is 11.4 Å². The van der Waals surface area contributed by atoms with Crippen LogP contribution in [0.5, 0.6) is 0 Å². The van der Waals surface area contributed by atoms with Crippen LogP contribution in [0.25, 0.3) is 0 Å². The number of rotatable bonds is 3. The van der Waals surface area contributed by atoms with E-state index in [1.165, 1.54) is 0 Å². The van der Waals surface area contributed by atoms with E-state index in [0.717, 1.165) is 31.1 Å². The Bertz CT molecular complexity index is 312. The summed E-state index contributed by atoms with van der Waals surface area (Å²) in [4.78, 5) is 3.12. The maximum absolute atomic E-state index is 13.1. The molecule has 0 spiro atoms. The highest BCUT2D eigenvalue weighted by Gasteiger charge is 2.24. The molecule has 1 fully saturated rings. The highest BCUT2D eigenvalue weighted by atomic mass is 35.5. The van der Waals surface area contributed by atoms with Gasteiger partial charge in [-0.05, 0) is 11.4 Å². The van der Waals surface area contributed by atoms with Crippen LogP contribution in [0.3, 0.4) is 0 Å². The van der Waals surface area contributed by atoms with Gasteiger partial charge in [0, 0.05) is 31.1 Å². The second-order valence-electron chi connectivity index (χ2n) is 3.59. The largest absolute Gasteiger partial charge is 0.314 e. The van der Waals surface area contributed by atoms with Gasteiger partial charge in [0.15, 0.2) is 0 Å². The van der Waals surface area contributed by atoms with E-state index in [2.05, 4.69) is 10.2 Å². The van der Waals surface area contributed by atoms with Crippen molar-refractivity contribution >= 4 is 22.9 Å². The number of thiophene rings is 1. The first-order valence-electron chi connectivity index (χ1n) is 5.06. The highest BCUT2D eigenvalue weighted by molar-refractivity contribution is 7.10. The molecular formula is C10H14ClFN2S. The summed E-state index contributed by atoms with van der Waals surface area (Å²) in [6, 6.07) is 1.69. The fourth-order valence-corrected chi connectivity index (χ4v) is 3.17. The second kappa shape index (κ2) is 5.25. The summed E-state index contributed by atoms with van der Waals surface area (Å²) in [5.41, 5.74) is 0. The summed E-state index contributed by atoms with van der Waals surface area (Å²) in [5.74, 6) is 0. The van der Waals surface area contributed by atoms with Gasteiger partial charge in [-0.1, -0.05) is 11.6 Å². The van der Waals surface area contributed by atoms with E-state index in [9.17, 15) is 4.39 Å². The maximum Gasteiger partial charge on any atom is 0.110 e. The molecule has 1 aliphatic heterocycles. The summed E-state index contributed by atoms with van der Waals surface area (Å²) in [5, 5.41) is 5.87. The van der Waals surface area contributed by atoms with Crippen molar-refractivity contribution in [2.24, 2.45) is 0 Å². The smallest absolute Gasteiger partial charge is 0.110 e. The SMILES string of the molecule is FC[C@H](c1sccc1Cl)N1CCNCC1. The Labute approximate surface area is 98.0 Å². The Morgan fingerprint density at radius 2 is 2.27 bits per heavy atom. The number of alkyl halides is 1. The first kappa shape index (κ1) is 11.3. The van der Waals surface area contributed by atoms with E-state index in [1.54, 1.807) is 11.3 Å². The number of nitrogens with one attached hydrogen (secondary N) is 1. The Kier molecular flexibility index (Phi) is 3.97. The molecule has 5 heteroatoms. The quantitative estimate of drug-likeness (QED) is 0.883. The third-order valence-corrected chi connectivity index (χ3v) is 4.15. The molecule has 15 heavy (non-hydrogen) atoms. The van der Waals surface area contributed by atoms with Crippen LogP contribution >= 0.6 is 22.9 Å². The molecular weight excluding hydrogens is 235 g/mol. The topological polar surface area (TPSA) is 15.3 Å². The second-order valence-corrected chi connectivity index (χ2v) is 4.94. The third kappa shape index (κ3) is 2.50. The third-order valence-electron chi connectivity index (χ3n) is 2.69. The lowest BCUT2D eigenvalue weighted by atomic mass is 10.2. The molecule has 0 radical (unpaired) electrons. The van der Waals surface area contributed by atoms with E-state index in [4.69, 9.17) is 11.6 Å². The Hall–Kier alpha value is -0.160. The molecule has 0 unspecified atom stereocenters. The Morgan fingerprint density at radius 3 is 2.80 bits per heavy atom. The fraction of sp³-hybridized carbons (Fsp3) is 0.600. The fourth-order valence-electron chi connectivity index (χ4n) is 1.87. The van der Waals surface area contributed by atoms with Gasteiger partial charge in [-0.2, -0.15) is 0 Å². The van der Waals surface area contributed by atoms with E-state index in [-0.39, 0.29) is 12.7 Å². The molecule has 0 amide bonds. The molecule has 84 valence electrons. The van der Waals surface area contributed by atoms with E-state index < -0.39 is 0 Å². The Morgan fingerprint density at radius 1 is 1.53 bits per heavy atom. The number of piperazine rings is 1. The first-order valence-corrected chi connectivity index (χ1v) is 6.32. The molecule has 0 aliphatic carbocycles. The van der Waals surface area contributed by atoms with E-state index in [0.29, 0.717) is 5.02 Å². The lowest BCUT2D eigenvalue weighted by molar-refractivity contribution is 0.150. The van der Waals surface area contributed by atoms with Crippen LogP contribution in [0, 0.1) is 0 Å². The predicted octanol–water partition coefficient (Wildman–Crippen LogP) is 2.32. The lowest BCUT2D eigenvalue weighted by Gasteiger charge is -2.33. The first-order chi connectivity index (χ1) is 7.33. The standard InChI is InChI=1S/C10H14ClFN2S/c11-8-1-6-15-10(8)9(7-12)14-4-2-13-3-5-14/h1,6,9,13H,2-5,7H2/t9-/m1/s1. The summed E-state index contributed by atoms with van der Waals surface area (Å²) >= 11 is 7.58. The van der Waals surface area contributed by atoms with Crippen LogP contribution in [-0.2, 0) is 0 Å². The molecule has 1 saturated heterocycles. The molecule has 1 aliphatic rings.